The van der Waals surface area contributed by atoms with E-state index in [4.69, 9.17) is 4.74 Å². The van der Waals surface area contributed by atoms with Crippen LogP contribution in [-0.4, -0.2) is 49.1 Å². The Kier molecular flexibility index (Phi) is 5.36. The number of carbonyl (C=O) groups is 2. The molecule has 1 aliphatic heterocycles. The molecule has 1 N–H and O–H groups in total. The van der Waals surface area contributed by atoms with E-state index in [0.717, 1.165) is 10.0 Å². The third kappa shape index (κ3) is 3.63. The normalized spacial score (nSPS) is 18.4. The van der Waals surface area contributed by atoms with E-state index >= 15 is 0 Å². The summed E-state index contributed by atoms with van der Waals surface area (Å²) in [6, 6.07) is 4.89. The zero-order valence-electron chi connectivity index (χ0n) is 12.2. The van der Waals surface area contributed by atoms with Gasteiger partial charge in [0.15, 0.2) is 0 Å². The number of halogens is 1. The highest BCUT2D eigenvalue weighted by Gasteiger charge is 2.33. The molecule has 114 valence electrons. The Morgan fingerprint density at radius 1 is 1.48 bits per heavy atom. The Morgan fingerprint density at radius 3 is 2.90 bits per heavy atom. The average molecular weight is 355 g/mol. The van der Waals surface area contributed by atoms with Crippen molar-refractivity contribution in [2.75, 3.05) is 26.2 Å². The second kappa shape index (κ2) is 7.04. The fourth-order valence-corrected chi connectivity index (χ4v) is 2.59. The smallest absolute Gasteiger partial charge is 0.330 e. The minimum Gasteiger partial charge on any atom is -0.464 e. The van der Waals surface area contributed by atoms with Crippen molar-refractivity contribution in [2.45, 2.75) is 19.9 Å². The van der Waals surface area contributed by atoms with Gasteiger partial charge < -0.3 is 15.0 Å². The van der Waals surface area contributed by atoms with E-state index in [-0.39, 0.29) is 11.9 Å². The molecule has 0 bridgehead atoms. The van der Waals surface area contributed by atoms with E-state index in [0.29, 0.717) is 31.8 Å². The molecule has 21 heavy (non-hydrogen) atoms. The van der Waals surface area contributed by atoms with Crippen LogP contribution in [-0.2, 0) is 9.53 Å². The molecule has 1 aliphatic rings. The monoisotopic (exact) mass is 354 g/mol. The van der Waals surface area contributed by atoms with E-state index < -0.39 is 6.04 Å². The van der Waals surface area contributed by atoms with Gasteiger partial charge in [0, 0.05) is 29.7 Å². The number of aryl methyl sites for hydroxylation is 1. The molecule has 0 saturated carbocycles. The topological polar surface area (TPSA) is 58.6 Å². The zero-order chi connectivity index (χ0) is 15.4. The summed E-state index contributed by atoms with van der Waals surface area (Å²) in [7, 11) is 0. The lowest BCUT2D eigenvalue weighted by molar-refractivity contribution is -0.149. The Labute approximate surface area is 132 Å². The number of rotatable bonds is 3. The molecule has 6 heteroatoms. The highest BCUT2D eigenvalue weighted by Crippen LogP contribution is 2.19. The lowest BCUT2D eigenvalue weighted by Gasteiger charge is -2.34. The van der Waals surface area contributed by atoms with Crippen molar-refractivity contribution in [1.29, 1.82) is 0 Å². The summed E-state index contributed by atoms with van der Waals surface area (Å²) in [4.78, 5) is 26.3. The average Bonchev–Trinajstić information content (AvgIpc) is 2.49. The van der Waals surface area contributed by atoms with Crippen LogP contribution in [0.3, 0.4) is 0 Å². The first-order chi connectivity index (χ1) is 10.0. The van der Waals surface area contributed by atoms with Crippen molar-refractivity contribution < 1.29 is 14.3 Å². The van der Waals surface area contributed by atoms with E-state index in [9.17, 15) is 9.59 Å². The summed E-state index contributed by atoms with van der Waals surface area (Å²) in [6.45, 7) is 5.61. The molecule has 1 atom stereocenters. The molecular formula is C15H19BrN2O3. The molecular weight excluding hydrogens is 336 g/mol. The molecule has 1 saturated heterocycles. The summed E-state index contributed by atoms with van der Waals surface area (Å²) >= 11 is 3.42. The molecule has 1 fully saturated rings. The third-order valence-corrected chi connectivity index (χ3v) is 4.36. The fraction of sp³-hybridized carbons (Fsp3) is 0.467. The van der Waals surface area contributed by atoms with Crippen molar-refractivity contribution in [2.24, 2.45) is 0 Å². The first-order valence-corrected chi connectivity index (χ1v) is 7.78. The van der Waals surface area contributed by atoms with Crippen molar-refractivity contribution in [3.8, 4) is 0 Å². The van der Waals surface area contributed by atoms with Gasteiger partial charge in [-0.25, -0.2) is 4.79 Å². The Hall–Kier alpha value is -1.40. The van der Waals surface area contributed by atoms with Gasteiger partial charge in [0.05, 0.1) is 6.61 Å². The summed E-state index contributed by atoms with van der Waals surface area (Å²) in [5.74, 6) is -0.489. The predicted molar refractivity (Wildman–Crippen MR) is 83.2 cm³/mol. The maximum atomic E-state index is 12.7. The van der Waals surface area contributed by atoms with Gasteiger partial charge in [-0.05, 0) is 37.6 Å². The van der Waals surface area contributed by atoms with Crippen LogP contribution in [0.5, 0.6) is 0 Å². The van der Waals surface area contributed by atoms with Crippen LogP contribution in [0.2, 0.25) is 0 Å². The number of nitrogens with one attached hydrogen (secondary N) is 1. The van der Waals surface area contributed by atoms with Gasteiger partial charge >= 0.3 is 5.97 Å². The zero-order valence-corrected chi connectivity index (χ0v) is 13.8. The number of hydrogen-bond acceptors (Lipinski definition) is 4. The third-order valence-electron chi connectivity index (χ3n) is 3.47. The van der Waals surface area contributed by atoms with Gasteiger partial charge in [-0.15, -0.1) is 0 Å². The molecule has 0 aromatic heterocycles. The largest absolute Gasteiger partial charge is 0.464 e. The second-order valence-corrected chi connectivity index (χ2v) is 5.79. The SMILES string of the molecule is CCOC(=O)C1CNCCN1C(=O)c1ccc(Br)c(C)c1. The van der Waals surface area contributed by atoms with Crippen LogP contribution >= 0.6 is 15.9 Å². The predicted octanol–water partition coefficient (Wildman–Crippen LogP) is 1.73. The maximum Gasteiger partial charge on any atom is 0.330 e. The second-order valence-electron chi connectivity index (χ2n) is 4.93. The van der Waals surface area contributed by atoms with Crippen LogP contribution in [0.15, 0.2) is 22.7 Å². The number of piperazine rings is 1. The van der Waals surface area contributed by atoms with Crippen LogP contribution < -0.4 is 5.32 Å². The summed E-state index contributed by atoms with van der Waals surface area (Å²) in [6.07, 6.45) is 0. The van der Waals surface area contributed by atoms with Crippen LogP contribution in [0.4, 0.5) is 0 Å². The first-order valence-electron chi connectivity index (χ1n) is 6.99. The van der Waals surface area contributed by atoms with Gasteiger partial charge in [0.1, 0.15) is 6.04 Å². The minimum atomic E-state index is -0.560. The van der Waals surface area contributed by atoms with Crippen LogP contribution in [0, 0.1) is 6.92 Å². The fourth-order valence-electron chi connectivity index (χ4n) is 2.34. The number of benzene rings is 1. The highest BCUT2D eigenvalue weighted by atomic mass is 79.9. The number of hydrogen-bond donors (Lipinski definition) is 1. The van der Waals surface area contributed by atoms with E-state index in [2.05, 4.69) is 21.2 Å². The number of carbonyl (C=O) groups excluding carboxylic acids is 2. The molecule has 1 aromatic rings. The maximum absolute atomic E-state index is 12.7. The van der Waals surface area contributed by atoms with E-state index in [1.165, 1.54) is 0 Å². The number of nitrogens with zero attached hydrogens (tertiary/aromatic N) is 1. The minimum absolute atomic E-state index is 0.134. The lowest BCUT2D eigenvalue weighted by atomic mass is 10.1. The highest BCUT2D eigenvalue weighted by molar-refractivity contribution is 9.10. The van der Waals surface area contributed by atoms with Crippen molar-refractivity contribution in [3.05, 3.63) is 33.8 Å². The molecule has 0 spiro atoms. The molecule has 5 nitrogen and oxygen atoms in total. The number of amides is 1. The van der Waals surface area contributed by atoms with Gasteiger partial charge in [0.2, 0.25) is 0 Å². The molecule has 1 amide bonds. The summed E-state index contributed by atoms with van der Waals surface area (Å²) in [5.41, 5.74) is 1.58. The van der Waals surface area contributed by atoms with Crippen LogP contribution in [0.1, 0.15) is 22.8 Å². The van der Waals surface area contributed by atoms with Gasteiger partial charge in [-0.3, -0.25) is 4.79 Å². The van der Waals surface area contributed by atoms with E-state index in [1.807, 2.05) is 19.1 Å². The van der Waals surface area contributed by atoms with Crippen molar-refractivity contribution in [3.63, 3.8) is 0 Å². The molecule has 1 aromatic carbocycles. The number of esters is 1. The lowest BCUT2D eigenvalue weighted by Crippen LogP contribution is -2.57. The van der Waals surface area contributed by atoms with Gasteiger partial charge in [-0.1, -0.05) is 15.9 Å². The summed E-state index contributed by atoms with van der Waals surface area (Å²) in [5, 5.41) is 3.13. The Bertz CT molecular complexity index is 548. The molecule has 1 unspecified atom stereocenters. The standard InChI is InChI=1S/C15H19BrN2O3/c1-3-21-15(20)13-9-17-6-7-18(13)14(19)11-4-5-12(16)10(2)8-11/h4-5,8,13,17H,3,6-7,9H2,1-2H3. The Morgan fingerprint density at radius 2 is 2.24 bits per heavy atom. The quantitative estimate of drug-likeness (QED) is 0.840. The van der Waals surface area contributed by atoms with E-state index in [1.54, 1.807) is 17.9 Å². The van der Waals surface area contributed by atoms with Gasteiger partial charge in [-0.2, -0.15) is 0 Å². The first kappa shape index (κ1) is 16.0. The van der Waals surface area contributed by atoms with Crippen molar-refractivity contribution >= 4 is 27.8 Å². The number of ether oxygens (including phenoxy) is 1. The van der Waals surface area contributed by atoms with Crippen molar-refractivity contribution in [1.82, 2.24) is 10.2 Å². The molecule has 1 heterocycles. The Balaban J connectivity index is 2.21. The molecule has 0 aliphatic carbocycles. The molecule has 0 radical (unpaired) electrons. The summed E-state index contributed by atoms with van der Waals surface area (Å²) < 4.78 is 6.02. The van der Waals surface area contributed by atoms with Gasteiger partial charge in [0.25, 0.3) is 5.91 Å². The van der Waals surface area contributed by atoms with Crippen LogP contribution in [0.25, 0.3) is 0 Å². The molecule has 2 rings (SSSR count).